The second-order valence-corrected chi connectivity index (χ2v) is 7.68. The lowest BCUT2D eigenvalue weighted by Gasteiger charge is -2.17. The minimum Gasteiger partial charge on any atom is -0.361 e. The van der Waals surface area contributed by atoms with E-state index < -0.39 is 0 Å². The molecule has 1 aliphatic rings. The molecule has 4 rings (SSSR count). The van der Waals surface area contributed by atoms with Crippen LogP contribution in [0.2, 0.25) is 0 Å². The van der Waals surface area contributed by atoms with Gasteiger partial charge < -0.3 is 9.42 Å². The van der Waals surface area contributed by atoms with Crippen molar-refractivity contribution in [1.29, 1.82) is 0 Å². The molecule has 6 nitrogen and oxygen atoms in total. The van der Waals surface area contributed by atoms with Gasteiger partial charge in [0.1, 0.15) is 11.5 Å². The van der Waals surface area contributed by atoms with E-state index in [2.05, 4.69) is 23.2 Å². The Labute approximate surface area is 165 Å². The summed E-state index contributed by atoms with van der Waals surface area (Å²) in [4.78, 5) is 14.5. The molecule has 3 aromatic rings. The zero-order valence-electron chi connectivity index (χ0n) is 16.7. The van der Waals surface area contributed by atoms with E-state index in [1.807, 2.05) is 42.9 Å². The highest BCUT2D eigenvalue weighted by molar-refractivity contribution is 5.94. The number of fused-ring (bicyclic) bond motifs is 1. The lowest BCUT2D eigenvalue weighted by molar-refractivity contribution is 0.0782. The standard InChI is InChI=1S/C22H26N4O2/c1-15-12-16(2)26(23-15)13-17-8-10-18(11-9-17)22(27)25(3)14-20-19-6-4-5-7-21(19)28-24-20/h8-12H,4-7,13-14H2,1-3H3. The number of carbonyl (C=O) groups excluding carboxylic acids is 1. The smallest absolute Gasteiger partial charge is 0.253 e. The third kappa shape index (κ3) is 3.72. The number of hydrogen-bond acceptors (Lipinski definition) is 4. The highest BCUT2D eigenvalue weighted by Gasteiger charge is 2.22. The summed E-state index contributed by atoms with van der Waals surface area (Å²) in [6.45, 7) is 5.23. The Morgan fingerprint density at radius 3 is 2.64 bits per heavy atom. The average Bonchev–Trinajstić information content (AvgIpc) is 3.24. The van der Waals surface area contributed by atoms with Gasteiger partial charge in [-0.25, -0.2) is 0 Å². The van der Waals surface area contributed by atoms with E-state index >= 15 is 0 Å². The Hall–Kier alpha value is -2.89. The van der Waals surface area contributed by atoms with Gasteiger partial charge in [-0.3, -0.25) is 9.48 Å². The number of benzene rings is 1. The van der Waals surface area contributed by atoms with Crippen LogP contribution in [0.25, 0.3) is 0 Å². The van der Waals surface area contributed by atoms with Gasteiger partial charge >= 0.3 is 0 Å². The predicted molar refractivity (Wildman–Crippen MR) is 106 cm³/mol. The summed E-state index contributed by atoms with van der Waals surface area (Å²) >= 11 is 0. The topological polar surface area (TPSA) is 64.2 Å². The van der Waals surface area contributed by atoms with Gasteiger partial charge in [0.25, 0.3) is 5.91 Å². The molecule has 0 N–H and O–H groups in total. The fourth-order valence-corrected chi connectivity index (χ4v) is 3.85. The maximum atomic E-state index is 12.8. The Morgan fingerprint density at radius 2 is 1.93 bits per heavy atom. The van der Waals surface area contributed by atoms with Gasteiger partial charge in [0, 0.05) is 30.3 Å². The molecule has 0 fully saturated rings. The lowest BCUT2D eigenvalue weighted by atomic mass is 9.96. The molecule has 0 saturated carbocycles. The molecule has 146 valence electrons. The first-order valence-corrected chi connectivity index (χ1v) is 9.83. The SMILES string of the molecule is Cc1cc(C)n(Cc2ccc(C(=O)N(C)Cc3noc4c3CCCC4)cc2)n1. The van der Waals surface area contributed by atoms with Crippen molar-refractivity contribution in [3.8, 4) is 0 Å². The van der Waals surface area contributed by atoms with Crippen molar-refractivity contribution < 1.29 is 9.32 Å². The van der Waals surface area contributed by atoms with Gasteiger partial charge in [-0.05, 0) is 56.9 Å². The van der Waals surface area contributed by atoms with Crippen LogP contribution in [0.15, 0.2) is 34.9 Å². The summed E-state index contributed by atoms with van der Waals surface area (Å²) in [6, 6.07) is 9.83. The summed E-state index contributed by atoms with van der Waals surface area (Å²) < 4.78 is 7.44. The third-order valence-corrected chi connectivity index (χ3v) is 5.40. The largest absolute Gasteiger partial charge is 0.361 e. The highest BCUT2D eigenvalue weighted by atomic mass is 16.5. The van der Waals surface area contributed by atoms with E-state index in [4.69, 9.17) is 4.52 Å². The van der Waals surface area contributed by atoms with Gasteiger partial charge in [0.2, 0.25) is 0 Å². The van der Waals surface area contributed by atoms with Crippen LogP contribution < -0.4 is 0 Å². The summed E-state index contributed by atoms with van der Waals surface area (Å²) in [5.41, 5.74) is 6.04. The molecule has 2 heterocycles. The van der Waals surface area contributed by atoms with Crippen molar-refractivity contribution >= 4 is 5.91 Å². The first kappa shape index (κ1) is 18.5. The van der Waals surface area contributed by atoms with E-state index in [9.17, 15) is 4.79 Å². The maximum Gasteiger partial charge on any atom is 0.253 e. The van der Waals surface area contributed by atoms with Crippen molar-refractivity contribution in [3.63, 3.8) is 0 Å². The summed E-state index contributed by atoms with van der Waals surface area (Å²) in [5, 5.41) is 8.70. The first-order valence-electron chi connectivity index (χ1n) is 9.83. The van der Waals surface area contributed by atoms with Crippen molar-refractivity contribution in [2.75, 3.05) is 7.05 Å². The fraction of sp³-hybridized carbons (Fsp3) is 0.409. The maximum absolute atomic E-state index is 12.8. The van der Waals surface area contributed by atoms with Crippen molar-refractivity contribution in [3.05, 3.63) is 69.9 Å². The average molecular weight is 378 g/mol. The van der Waals surface area contributed by atoms with Crippen LogP contribution in [0.5, 0.6) is 0 Å². The molecular weight excluding hydrogens is 352 g/mol. The monoisotopic (exact) mass is 378 g/mol. The fourth-order valence-electron chi connectivity index (χ4n) is 3.85. The zero-order valence-corrected chi connectivity index (χ0v) is 16.7. The number of aromatic nitrogens is 3. The molecule has 0 spiro atoms. The van der Waals surface area contributed by atoms with Crippen LogP contribution in [0.1, 0.15) is 57.2 Å². The number of hydrogen-bond donors (Lipinski definition) is 0. The first-order chi connectivity index (χ1) is 13.5. The van der Waals surface area contributed by atoms with Gasteiger partial charge in [-0.1, -0.05) is 17.3 Å². The molecule has 6 heteroatoms. The van der Waals surface area contributed by atoms with Crippen LogP contribution in [0.3, 0.4) is 0 Å². The van der Waals surface area contributed by atoms with Crippen molar-refractivity contribution in [2.24, 2.45) is 0 Å². The van der Waals surface area contributed by atoms with Crippen molar-refractivity contribution in [2.45, 2.75) is 52.6 Å². The highest BCUT2D eigenvalue weighted by Crippen LogP contribution is 2.25. The minimum absolute atomic E-state index is 0.00905. The van der Waals surface area contributed by atoms with E-state index in [0.29, 0.717) is 18.7 Å². The normalized spacial score (nSPS) is 13.4. The zero-order chi connectivity index (χ0) is 19.7. The third-order valence-electron chi connectivity index (χ3n) is 5.40. The molecule has 0 atom stereocenters. The van der Waals surface area contributed by atoms with E-state index in [0.717, 1.165) is 54.1 Å². The second kappa shape index (κ2) is 7.62. The van der Waals surface area contributed by atoms with Crippen LogP contribution in [-0.2, 0) is 25.9 Å². The molecule has 1 amide bonds. The van der Waals surface area contributed by atoms with Crippen LogP contribution in [0.4, 0.5) is 0 Å². The Bertz CT molecular complexity index is 985. The van der Waals surface area contributed by atoms with Gasteiger partial charge in [0.15, 0.2) is 0 Å². The summed E-state index contributed by atoms with van der Waals surface area (Å²) in [5.74, 6) is 0.987. The molecule has 1 aromatic carbocycles. The second-order valence-electron chi connectivity index (χ2n) is 7.68. The van der Waals surface area contributed by atoms with Crippen LogP contribution >= 0.6 is 0 Å². The quantitative estimate of drug-likeness (QED) is 0.679. The Balaban J connectivity index is 1.43. The molecule has 0 aliphatic heterocycles. The van der Waals surface area contributed by atoms with Crippen molar-refractivity contribution in [1.82, 2.24) is 19.8 Å². The number of carbonyl (C=O) groups is 1. The molecule has 0 radical (unpaired) electrons. The molecule has 2 aromatic heterocycles. The van der Waals surface area contributed by atoms with Gasteiger partial charge in [-0.2, -0.15) is 5.10 Å². The van der Waals surface area contributed by atoms with E-state index in [1.165, 1.54) is 5.56 Å². The van der Waals surface area contributed by atoms with Gasteiger partial charge in [0.05, 0.1) is 18.8 Å². The van der Waals surface area contributed by atoms with E-state index in [1.54, 1.807) is 4.90 Å². The van der Waals surface area contributed by atoms with Gasteiger partial charge in [-0.15, -0.1) is 0 Å². The number of nitrogens with zero attached hydrogens (tertiary/aromatic N) is 4. The molecule has 0 bridgehead atoms. The molecule has 28 heavy (non-hydrogen) atoms. The Kier molecular flexibility index (Phi) is 5.03. The number of aryl methyl sites for hydroxylation is 3. The minimum atomic E-state index is -0.00905. The van der Waals surface area contributed by atoms with Crippen LogP contribution in [0, 0.1) is 13.8 Å². The number of amides is 1. The van der Waals surface area contributed by atoms with Crippen LogP contribution in [-0.4, -0.2) is 32.8 Å². The summed E-state index contributed by atoms with van der Waals surface area (Å²) in [6.07, 6.45) is 4.27. The lowest BCUT2D eigenvalue weighted by Crippen LogP contribution is -2.27. The number of rotatable bonds is 5. The molecule has 0 unspecified atom stereocenters. The molecular formula is C22H26N4O2. The molecule has 0 saturated heterocycles. The predicted octanol–water partition coefficient (Wildman–Crippen LogP) is 3.69. The summed E-state index contributed by atoms with van der Waals surface area (Å²) in [7, 11) is 1.82. The molecule has 1 aliphatic carbocycles. The van der Waals surface area contributed by atoms with E-state index in [-0.39, 0.29) is 5.91 Å². The Morgan fingerprint density at radius 1 is 1.18 bits per heavy atom.